The first kappa shape index (κ1) is 9.12. The lowest BCUT2D eigenvalue weighted by atomic mass is 10.2. The number of likely N-dealkylation sites (tertiary alicyclic amines) is 1. The average Bonchev–Trinajstić information content (AvgIpc) is 2.30. The number of rotatable bonds is 1. The second kappa shape index (κ2) is 3.18. The molecule has 0 radical (unpaired) electrons. The summed E-state index contributed by atoms with van der Waals surface area (Å²) >= 11 is 4.84. The zero-order valence-electron chi connectivity index (χ0n) is 6.61. The van der Waals surface area contributed by atoms with Crippen molar-refractivity contribution in [3.05, 3.63) is 0 Å². The third-order valence-corrected chi connectivity index (χ3v) is 2.28. The fraction of sp³-hybridized carbons (Fsp3) is 0.571. The van der Waals surface area contributed by atoms with Gasteiger partial charge < -0.3 is 10.0 Å². The van der Waals surface area contributed by atoms with E-state index in [0.717, 1.165) is 0 Å². The Labute approximate surface area is 75.2 Å². The Bertz CT molecular complexity index is 251. The van der Waals surface area contributed by atoms with E-state index in [1.807, 2.05) is 0 Å². The van der Waals surface area contributed by atoms with Crippen molar-refractivity contribution in [3.8, 4) is 0 Å². The van der Waals surface area contributed by atoms with Gasteiger partial charge in [-0.25, -0.2) is 4.79 Å². The highest BCUT2D eigenvalue weighted by Gasteiger charge is 2.36. The first-order valence-corrected chi connectivity index (χ1v) is 3.97. The summed E-state index contributed by atoms with van der Waals surface area (Å²) in [4.78, 5) is 23.3. The quantitative estimate of drug-likeness (QED) is 0.590. The van der Waals surface area contributed by atoms with E-state index >= 15 is 0 Å². The van der Waals surface area contributed by atoms with Crippen molar-refractivity contribution in [2.45, 2.75) is 19.4 Å². The minimum Gasteiger partial charge on any atom is -0.479 e. The van der Waals surface area contributed by atoms with Crippen molar-refractivity contribution in [1.29, 1.82) is 0 Å². The zero-order valence-corrected chi connectivity index (χ0v) is 7.43. The number of aliphatic carboxylic acids is 1. The van der Waals surface area contributed by atoms with Crippen LogP contribution in [0.4, 0.5) is 0 Å². The summed E-state index contributed by atoms with van der Waals surface area (Å²) in [5, 5.41) is 8.72. The second-order valence-electron chi connectivity index (χ2n) is 2.67. The standard InChI is InChI=1S/C7H9NO3S/c1-4(9)8-3-2-5(12)6(8)7(10)11/h6H,2-3H2,1H3,(H,10,11)/t6-/m0/s1. The summed E-state index contributed by atoms with van der Waals surface area (Å²) in [7, 11) is 0. The molecule has 12 heavy (non-hydrogen) atoms. The Kier molecular flexibility index (Phi) is 2.42. The number of nitrogens with zero attached hydrogens (tertiary/aromatic N) is 1. The molecule has 0 spiro atoms. The monoisotopic (exact) mass is 187 g/mol. The number of carbonyl (C=O) groups excluding carboxylic acids is 1. The van der Waals surface area contributed by atoms with Crippen molar-refractivity contribution in [2.24, 2.45) is 0 Å². The van der Waals surface area contributed by atoms with Gasteiger partial charge in [0.1, 0.15) is 0 Å². The van der Waals surface area contributed by atoms with Crippen molar-refractivity contribution in [2.75, 3.05) is 6.54 Å². The minimum atomic E-state index is -1.03. The Morgan fingerprint density at radius 3 is 2.58 bits per heavy atom. The van der Waals surface area contributed by atoms with E-state index in [2.05, 4.69) is 0 Å². The lowest BCUT2D eigenvalue weighted by Gasteiger charge is -2.18. The van der Waals surface area contributed by atoms with Gasteiger partial charge >= 0.3 is 5.97 Å². The SMILES string of the molecule is CC(=O)N1CCC(=S)[C@H]1C(=O)O. The molecule has 1 aliphatic heterocycles. The van der Waals surface area contributed by atoms with Crippen LogP contribution in [0.5, 0.6) is 0 Å². The molecule has 5 heteroatoms. The lowest BCUT2D eigenvalue weighted by Crippen LogP contribution is -2.41. The number of hydrogen-bond acceptors (Lipinski definition) is 3. The van der Waals surface area contributed by atoms with Crippen molar-refractivity contribution >= 4 is 29.0 Å². The molecule has 0 aromatic heterocycles. The van der Waals surface area contributed by atoms with E-state index in [4.69, 9.17) is 17.3 Å². The van der Waals surface area contributed by atoms with Crippen molar-refractivity contribution < 1.29 is 14.7 Å². The summed E-state index contributed by atoms with van der Waals surface area (Å²) in [5.41, 5.74) is 0. The molecule has 1 heterocycles. The molecule has 1 N–H and O–H groups in total. The molecular weight excluding hydrogens is 178 g/mol. The first-order valence-electron chi connectivity index (χ1n) is 3.56. The number of hydrogen-bond donors (Lipinski definition) is 1. The van der Waals surface area contributed by atoms with Gasteiger partial charge in [-0.2, -0.15) is 0 Å². The highest BCUT2D eigenvalue weighted by atomic mass is 32.1. The van der Waals surface area contributed by atoms with Gasteiger partial charge in [0.15, 0.2) is 6.04 Å². The molecule has 1 aliphatic rings. The summed E-state index contributed by atoms with van der Waals surface area (Å²) in [6.45, 7) is 1.79. The van der Waals surface area contributed by atoms with Crippen LogP contribution in [0, 0.1) is 0 Å². The number of carbonyl (C=O) groups is 2. The van der Waals surface area contributed by atoms with Crippen molar-refractivity contribution in [1.82, 2.24) is 4.90 Å². The first-order chi connectivity index (χ1) is 5.54. The third-order valence-electron chi connectivity index (χ3n) is 1.85. The Hall–Kier alpha value is -0.970. The molecule has 1 fully saturated rings. The summed E-state index contributed by atoms with van der Waals surface area (Å²) < 4.78 is 0. The molecule has 0 aliphatic carbocycles. The van der Waals surface area contributed by atoms with E-state index in [9.17, 15) is 9.59 Å². The molecule has 1 rings (SSSR count). The molecule has 66 valence electrons. The van der Waals surface area contributed by atoms with Gasteiger partial charge in [-0.15, -0.1) is 0 Å². The van der Waals surface area contributed by atoms with Crippen LogP contribution in [0.15, 0.2) is 0 Å². The van der Waals surface area contributed by atoms with Crippen LogP contribution in [0.3, 0.4) is 0 Å². The topological polar surface area (TPSA) is 57.6 Å². The molecule has 0 aromatic rings. The number of carboxylic acid groups (broad SMARTS) is 1. The number of thiocarbonyl (C=S) groups is 1. The molecule has 4 nitrogen and oxygen atoms in total. The van der Waals surface area contributed by atoms with Crippen LogP contribution in [0.1, 0.15) is 13.3 Å². The molecule has 0 bridgehead atoms. The summed E-state index contributed by atoms with van der Waals surface area (Å²) in [6, 6.07) is -0.877. The van der Waals surface area contributed by atoms with Gasteiger partial charge in [0, 0.05) is 18.3 Å². The van der Waals surface area contributed by atoms with Crippen LogP contribution in [0.25, 0.3) is 0 Å². The Morgan fingerprint density at radius 2 is 2.25 bits per heavy atom. The van der Waals surface area contributed by atoms with Gasteiger partial charge in [0.05, 0.1) is 0 Å². The van der Waals surface area contributed by atoms with Crippen molar-refractivity contribution in [3.63, 3.8) is 0 Å². The van der Waals surface area contributed by atoms with Crippen LogP contribution >= 0.6 is 12.2 Å². The normalized spacial score (nSPS) is 22.9. The third kappa shape index (κ3) is 1.45. The second-order valence-corrected chi connectivity index (χ2v) is 3.19. The summed E-state index contributed by atoms with van der Waals surface area (Å²) in [5.74, 6) is -1.27. The van der Waals surface area contributed by atoms with Crippen LogP contribution in [-0.2, 0) is 9.59 Å². The maximum atomic E-state index is 10.9. The maximum Gasteiger partial charge on any atom is 0.331 e. The predicted molar refractivity (Wildman–Crippen MR) is 46.0 cm³/mol. The lowest BCUT2D eigenvalue weighted by molar-refractivity contribution is -0.145. The van der Waals surface area contributed by atoms with Crippen LogP contribution < -0.4 is 0 Å². The number of carboxylic acids is 1. The van der Waals surface area contributed by atoms with Crippen LogP contribution in [0.2, 0.25) is 0 Å². The average molecular weight is 187 g/mol. The fourth-order valence-corrected chi connectivity index (χ4v) is 1.60. The zero-order chi connectivity index (χ0) is 9.30. The molecule has 0 saturated carbocycles. The van der Waals surface area contributed by atoms with Gasteiger partial charge in [-0.05, 0) is 6.42 Å². The molecule has 1 amide bonds. The minimum absolute atomic E-state index is 0.234. The van der Waals surface area contributed by atoms with Gasteiger partial charge in [-0.3, -0.25) is 4.79 Å². The largest absolute Gasteiger partial charge is 0.479 e. The molecule has 1 atom stereocenters. The molecule has 1 saturated heterocycles. The maximum absolute atomic E-state index is 10.9. The van der Waals surface area contributed by atoms with E-state index in [1.54, 1.807) is 0 Å². The van der Waals surface area contributed by atoms with E-state index < -0.39 is 12.0 Å². The Morgan fingerprint density at radius 1 is 1.67 bits per heavy atom. The van der Waals surface area contributed by atoms with E-state index in [1.165, 1.54) is 11.8 Å². The number of amides is 1. The van der Waals surface area contributed by atoms with Gasteiger partial charge in [0.2, 0.25) is 5.91 Å². The Balaban J connectivity index is 2.84. The molecular formula is C7H9NO3S. The fourth-order valence-electron chi connectivity index (χ4n) is 1.28. The highest BCUT2D eigenvalue weighted by Crippen LogP contribution is 2.15. The van der Waals surface area contributed by atoms with Gasteiger partial charge in [-0.1, -0.05) is 12.2 Å². The highest BCUT2D eigenvalue weighted by molar-refractivity contribution is 7.80. The smallest absolute Gasteiger partial charge is 0.331 e. The summed E-state index contributed by atoms with van der Waals surface area (Å²) in [6.07, 6.45) is 0.520. The molecule has 0 aromatic carbocycles. The van der Waals surface area contributed by atoms with Gasteiger partial charge in [0.25, 0.3) is 0 Å². The van der Waals surface area contributed by atoms with E-state index in [0.29, 0.717) is 17.8 Å². The van der Waals surface area contributed by atoms with E-state index in [-0.39, 0.29) is 5.91 Å². The predicted octanol–water partition coefficient (Wildman–Crippen LogP) is 0.0617. The molecule has 0 unspecified atom stereocenters. The van der Waals surface area contributed by atoms with Crippen LogP contribution in [-0.4, -0.2) is 39.3 Å².